The number of piperidine rings is 1. The SMILES string of the molecule is Nc1cncnc1N1CCC(OCCO)CC1. The van der Waals surface area contributed by atoms with E-state index in [-0.39, 0.29) is 12.7 Å². The van der Waals surface area contributed by atoms with Gasteiger partial charge in [-0.3, -0.25) is 0 Å². The highest BCUT2D eigenvalue weighted by atomic mass is 16.5. The quantitative estimate of drug-likeness (QED) is 0.770. The standard InChI is InChI=1S/C11H18N4O2/c12-10-7-13-8-14-11(10)15-3-1-9(2-4-15)17-6-5-16/h7-9,16H,1-6,12H2. The molecule has 3 N–H and O–H groups in total. The molecule has 1 fully saturated rings. The molecule has 1 aliphatic heterocycles. The molecule has 6 heteroatoms. The number of hydrogen-bond acceptors (Lipinski definition) is 6. The van der Waals surface area contributed by atoms with Crippen LogP contribution < -0.4 is 10.6 Å². The largest absolute Gasteiger partial charge is 0.394 e. The maximum atomic E-state index is 8.69. The summed E-state index contributed by atoms with van der Waals surface area (Å²) in [5, 5.41) is 8.69. The number of nitrogens with zero attached hydrogens (tertiary/aromatic N) is 3. The zero-order valence-electron chi connectivity index (χ0n) is 9.75. The van der Waals surface area contributed by atoms with Crippen molar-refractivity contribution in [3.8, 4) is 0 Å². The first-order valence-electron chi connectivity index (χ1n) is 5.84. The average Bonchev–Trinajstić information content (AvgIpc) is 2.38. The third-order valence-corrected chi connectivity index (χ3v) is 2.90. The van der Waals surface area contributed by atoms with Gasteiger partial charge in [-0.15, -0.1) is 0 Å². The molecule has 1 saturated heterocycles. The van der Waals surface area contributed by atoms with Crippen LogP contribution in [0.25, 0.3) is 0 Å². The second-order valence-corrected chi connectivity index (χ2v) is 4.08. The smallest absolute Gasteiger partial charge is 0.155 e. The summed E-state index contributed by atoms with van der Waals surface area (Å²) >= 11 is 0. The summed E-state index contributed by atoms with van der Waals surface area (Å²) in [6.45, 7) is 2.24. The van der Waals surface area contributed by atoms with Crippen LogP contribution in [0.2, 0.25) is 0 Å². The number of anilines is 2. The molecule has 0 aromatic carbocycles. The first-order valence-corrected chi connectivity index (χ1v) is 5.84. The lowest BCUT2D eigenvalue weighted by Gasteiger charge is -2.33. The predicted molar refractivity (Wildman–Crippen MR) is 64.7 cm³/mol. The van der Waals surface area contributed by atoms with Crippen molar-refractivity contribution >= 4 is 11.5 Å². The summed E-state index contributed by atoms with van der Waals surface area (Å²) in [6.07, 6.45) is 5.24. The van der Waals surface area contributed by atoms with Gasteiger partial charge in [-0.1, -0.05) is 0 Å². The van der Waals surface area contributed by atoms with Crippen molar-refractivity contribution in [3.05, 3.63) is 12.5 Å². The van der Waals surface area contributed by atoms with Gasteiger partial charge in [0.1, 0.15) is 6.33 Å². The molecule has 2 rings (SSSR count). The van der Waals surface area contributed by atoms with Crippen LogP contribution in [-0.4, -0.2) is 47.5 Å². The van der Waals surface area contributed by atoms with Gasteiger partial charge >= 0.3 is 0 Å². The van der Waals surface area contributed by atoms with Gasteiger partial charge in [-0.25, -0.2) is 9.97 Å². The van der Waals surface area contributed by atoms with Gasteiger partial charge in [0, 0.05) is 13.1 Å². The second-order valence-electron chi connectivity index (χ2n) is 4.08. The average molecular weight is 238 g/mol. The molecule has 1 aliphatic rings. The maximum absolute atomic E-state index is 8.69. The molecule has 2 heterocycles. The molecule has 94 valence electrons. The molecule has 0 saturated carbocycles. The Morgan fingerprint density at radius 3 is 2.88 bits per heavy atom. The van der Waals surface area contributed by atoms with E-state index in [1.165, 1.54) is 6.33 Å². The Morgan fingerprint density at radius 1 is 1.47 bits per heavy atom. The summed E-state index contributed by atoms with van der Waals surface area (Å²) in [5.74, 6) is 0.806. The zero-order valence-corrected chi connectivity index (χ0v) is 9.75. The van der Waals surface area contributed by atoms with Gasteiger partial charge in [0.25, 0.3) is 0 Å². The first-order chi connectivity index (χ1) is 8.31. The lowest BCUT2D eigenvalue weighted by Crippen LogP contribution is -2.38. The van der Waals surface area contributed by atoms with E-state index < -0.39 is 0 Å². The maximum Gasteiger partial charge on any atom is 0.155 e. The van der Waals surface area contributed by atoms with E-state index in [4.69, 9.17) is 15.6 Å². The normalized spacial score (nSPS) is 17.4. The van der Waals surface area contributed by atoms with E-state index in [1.54, 1.807) is 6.20 Å². The molecule has 1 aromatic heterocycles. The number of hydrogen-bond donors (Lipinski definition) is 2. The van der Waals surface area contributed by atoms with Gasteiger partial charge < -0.3 is 20.5 Å². The third kappa shape index (κ3) is 3.04. The van der Waals surface area contributed by atoms with Crippen LogP contribution in [0.15, 0.2) is 12.5 Å². The molecule has 0 atom stereocenters. The summed E-state index contributed by atoms with van der Waals surface area (Å²) in [6, 6.07) is 0. The molecule has 17 heavy (non-hydrogen) atoms. The van der Waals surface area contributed by atoms with Crippen molar-refractivity contribution in [2.75, 3.05) is 36.9 Å². The molecule has 0 unspecified atom stereocenters. The van der Waals surface area contributed by atoms with E-state index >= 15 is 0 Å². The van der Waals surface area contributed by atoms with Gasteiger partial charge in [-0.05, 0) is 12.8 Å². The van der Waals surface area contributed by atoms with Gasteiger partial charge in [0.15, 0.2) is 5.82 Å². The molecular formula is C11H18N4O2. The second kappa shape index (κ2) is 5.79. The number of rotatable bonds is 4. The predicted octanol–water partition coefficient (Wildman–Crippen LogP) is 0.0365. The summed E-state index contributed by atoms with van der Waals surface area (Å²) in [5.41, 5.74) is 6.45. The van der Waals surface area contributed by atoms with Crippen molar-refractivity contribution in [1.82, 2.24) is 9.97 Å². The van der Waals surface area contributed by atoms with E-state index in [0.717, 1.165) is 31.7 Å². The zero-order chi connectivity index (χ0) is 12.1. The fraction of sp³-hybridized carbons (Fsp3) is 0.636. The van der Waals surface area contributed by atoms with Crippen LogP contribution in [0, 0.1) is 0 Å². The highest BCUT2D eigenvalue weighted by molar-refractivity contribution is 5.60. The van der Waals surface area contributed by atoms with E-state index in [0.29, 0.717) is 12.3 Å². The van der Waals surface area contributed by atoms with Crippen molar-refractivity contribution in [3.63, 3.8) is 0 Å². The van der Waals surface area contributed by atoms with Gasteiger partial charge in [0.05, 0.1) is 31.2 Å². The highest BCUT2D eigenvalue weighted by Crippen LogP contribution is 2.23. The molecule has 0 radical (unpaired) electrons. The minimum atomic E-state index is 0.0824. The first kappa shape index (κ1) is 12.1. The number of nitrogen functional groups attached to an aromatic ring is 1. The molecule has 0 bridgehead atoms. The van der Waals surface area contributed by atoms with Gasteiger partial charge in [-0.2, -0.15) is 0 Å². The van der Waals surface area contributed by atoms with Crippen molar-refractivity contribution in [2.24, 2.45) is 0 Å². The molecular weight excluding hydrogens is 220 g/mol. The van der Waals surface area contributed by atoms with Crippen LogP contribution in [0.3, 0.4) is 0 Å². The Bertz CT molecular complexity index is 353. The van der Waals surface area contributed by atoms with E-state index in [9.17, 15) is 0 Å². The number of aliphatic hydroxyl groups is 1. The van der Waals surface area contributed by atoms with Crippen molar-refractivity contribution < 1.29 is 9.84 Å². The molecule has 0 aliphatic carbocycles. The number of ether oxygens (including phenoxy) is 1. The van der Waals surface area contributed by atoms with Crippen LogP contribution in [0.4, 0.5) is 11.5 Å². The fourth-order valence-electron chi connectivity index (χ4n) is 2.05. The molecule has 0 spiro atoms. The Kier molecular flexibility index (Phi) is 4.11. The lowest BCUT2D eigenvalue weighted by molar-refractivity contribution is 0.0158. The fourth-order valence-corrected chi connectivity index (χ4v) is 2.05. The van der Waals surface area contributed by atoms with Crippen molar-refractivity contribution in [1.29, 1.82) is 0 Å². The Morgan fingerprint density at radius 2 is 2.24 bits per heavy atom. The molecule has 1 aromatic rings. The Balaban J connectivity index is 1.89. The lowest BCUT2D eigenvalue weighted by atomic mass is 10.1. The monoisotopic (exact) mass is 238 g/mol. The van der Waals surface area contributed by atoms with Crippen molar-refractivity contribution in [2.45, 2.75) is 18.9 Å². The highest BCUT2D eigenvalue weighted by Gasteiger charge is 2.21. The summed E-state index contributed by atoms with van der Waals surface area (Å²) in [4.78, 5) is 10.2. The molecule has 0 amide bonds. The minimum Gasteiger partial charge on any atom is -0.394 e. The number of aliphatic hydroxyl groups excluding tert-OH is 1. The van der Waals surface area contributed by atoms with Gasteiger partial charge in [0.2, 0.25) is 0 Å². The van der Waals surface area contributed by atoms with Crippen LogP contribution in [0.5, 0.6) is 0 Å². The number of aromatic nitrogens is 2. The number of nitrogens with two attached hydrogens (primary N) is 1. The third-order valence-electron chi connectivity index (χ3n) is 2.90. The van der Waals surface area contributed by atoms with Crippen LogP contribution >= 0.6 is 0 Å². The molecule has 6 nitrogen and oxygen atoms in total. The summed E-state index contributed by atoms with van der Waals surface area (Å²) < 4.78 is 5.51. The Hall–Kier alpha value is -1.40. The van der Waals surface area contributed by atoms with Crippen LogP contribution in [0.1, 0.15) is 12.8 Å². The van der Waals surface area contributed by atoms with Crippen LogP contribution in [-0.2, 0) is 4.74 Å². The van der Waals surface area contributed by atoms with E-state index in [1.807, 2.05) is 0 Å². The summed E-state index contributed by atoms with van der Waals surface area (Å²) in [7, 11) is 0. The minimum absolute atomic E-state index is 0.0824. The Labute approximate surface area is 100 Å². The van der Waals surface area contributed by atoms with E-state index in [2.05, 4.69) is 14.9 Å². The topological polar surface area (TPSA) is 84.5 Å².